The van der Waals surface area contributed by atoms with Crippen molar-refractivity contribution < 1.29 is 0 Å². The number of benzene rings is 3. The van der Waals surface area contributed by atoms with E-state index < -0.39 is 0 Å². The standard InChI is InChI=1S/C32H25N7/c1-3-8-24(22-33-15-4-2)23-9-7-10-25(20-23)36-17-19-39-30-21-26(13-14-28(30)35-32(36)39)37-16-18-38-29-12-6-5-11-27(29)34-31(37)38/h3-22H,2H2,1H3/b8-3+,24-22+,33-15-. The zero-order chi connectivity index (χ0) is 26.3. The van der Waals surface area contributed by atoms with Gasteiger partial charge in [0.15, 0.2) is 0 Å². The van der Waals surface area contributed by atoms with Crippen LogP contribution < -0.4 is 0 Å². The molecular formula is C32H25N7. The van der Waals surface area contributed by atoms with Crippen molar-refractivity contribution in [2.75, 3.05) is 0 Å². The maximum absolute atomic E-state index is 4.98. The van der Waals surface area contributed by atoms with E-state index in [4.69, 9.17) is 9.97 Å². The van der Waals surface area contributed by atoms with Crippen LogP contribution in [0, 0.1) is 0 Å². The number of hydrogen-bond acceptors (Lipinski definition) is 3. The lowest BCUT2D eigenvalue weighted by Crippen LogP contribution is -1.95. The third-order valence-corrected chi connectivity index (χ3v) is 6.88. The van der Waals surface area contributed by atoms with E-state index in [9.17, 15) is 0 Å². The van der Waals surface area contributed by atoms with Crippen LogP contribution >= 0.6 is 0 Å². The van der Waals surface area contributed by atoms with Crippen molar-refractivity contribution in [2.45, 2.75) is 6.92 Å². The van der Waals surface area contributed by atoms with Crippen molar-refractivity contribution in [1.29, 1.82) is 0 Å². The average molecular weight is 508 g/mol. The molecular weight excluding hydrogens is 482 g/mol. The molecule has 7 rings (SSSR count). The lowest BCUT2D eigenvalue weighted by atomic mass is 10.1. The summed E-state index contributed by atoms with van der Waals surface area (Å²) >= 11 is 0. The number of rotatable bonds is 6. The lowest BCUT2D eigenvalue weighted by molar-refractivity contribution is 1.07. The van der Waals surface area contributed by atoms with Crippen LogP contribution in [0.25, 0.3) is 50.6 Å². The van der Waals surface area contributed by atoms with Crippen LogP contribution in [0.4, 0.5) is 0 Å². The predicted molar refractivity (Wildman–Crippen MR) is 159 cm³/mol. The third-order valence-electron chi connectivity index (χ3n) is 6.88. The Balaban J connectivity index is 1.32. The number of nitrogens with zero attached hydrogens (tertiary/aromatic N) is 7. The van der Waals surface area contributed by atoms with Crippen molar-refractivity contribution in [3.63, 3.8) is 0 Å². The molecule has 0 unspecified atom stereocenters. The smallest absolute Gasteiger partial charge is 0.219 e. The zero-order valence-electron chi connectivity index (χ0n) is 21.4. The van der Waals surface area contributed by atoms with Crippen molar-refractivity contribution in [2.24, 2.45) is 4.99 Å². The number of hydrogen-bond donors (Lipinski definition) is 0. The van der Waals surface area contributed by atoms with Gasteiger partial charge in [0, 0.05) is 42.9 Å². The minimum absolute atomic E-state index is 0.852. The molecule has 188 valence electrons. The fraction of sp³-hybridized carbons (Fsp3) is 0.0312. The second-order valence-electron chi connectivity index (χ2n) is 9.23. The molecule has 4 aromatic heterocycles. The van der Waals surface area contributed by atoms with Crippen LogP contribution in [0.15, 0.2) is 128 Å². The summed E-state index contributed by atoms with van der Waals surface area (Å²) in [7, 11) is 0. The monoisotopic (exact) mass is 507 g/mol. The molecule has 0 radical (unpaired) electrons. The number of imidazole rings is 4. The van der Waals surface area contributed by atoms with Gasteiger partial charge in [-0.2, -0.15) is 0 Å². The first kappa shape index (κ1) is 22.7. The van der Waals surface area contributed by atoms with Gasteiger partial charge in [-0.15, -0.1) is 0 Å². The quantitative estimate of drug-likeness (QED) is 0.179. The van der Waals surface area contributed by atoms with Crippen molar-refractivity contribution in [3.05, 3.63) is 128 Å². The van der Waals surface area contributed by atoms with Gasteiger partial charge in [-0.25, -0.2) is 9.97 Å². The van der Waals surface area contributed by atoms with Crippen molar-refractivity contribution in [1.82, 2.24) is 27.9 Å². The van der Waals surface area contributed by atoms with Crippen LogP contribution in [-0.2, 0) is 0 Å². The first-order valence-corrected chi connectivity index (χ1v) is 12.8. The summed E-state index contributed by atoms with van der Waals surface area (Å²) in [6.07, 6.45) is 17.5. The Morgan fingerprint density at radius 3 is 2.26 bits per heavy atom. The normalized spacial score (nSPS) is 12.8. The van der Waals surface area contributed by atoms with Gasteiger partial charge in [-0.1, -0.05) is 49.1 Å². The van der Waals surface area contributed by atoms with Gasteiger partial charge >= 0.3 is 0 Å². The number of para-hydroxylation sites is 2. The Labute approximate surface area is 224 Å². The molecule has 0 bridgehead atoms. The van der Waals surface area contributed by atoms with Gasteiger partial charge in [-0.3, -0.25) is 22.9 Å². The summed E-state index contributed by atoms with van der Waals surface area (Å²) in [5.41, 5.74) is 8.19. The fourth-order valence-corrected chi connectivity index (χ4v) is 5.10. The molecule has 0 fully saturated rings. The maximum Gasteiger partial charge on any atom is 0.219 e. The summed E-state index contributed by atoms with van der Waals surface area (Å²) in [5, 5.41) is 0. The average Bonchev–Trinajstić information content (AvgIpc) is 3.72. The van der Waals surface area contributed by atoms with E-state index in [0.29, 0.717) is 0 Å². The summed E-state index contributed by atoms with van der Waals surface area (Å²) < 4.78 is 8.47. The van der Waals surface area contributed by atoms with Crippen LogP contribution in [0.5, 0.6) is 0 Å². The minimum Gasteiger partial charge on any atom is -0.286 e. The molecule has 0 N–H and O–H groups in total. The molecule has 7 heteroatoms. The molecule has 3 aromatic carbocycles. The third kappa shape index (κ3) is 3.71. The highest BCUT2D eigenvalue weighted by Gasteiger charge is 2.14. The first-order chi connectivity index (χ1) is 19.2. The molecule has 0 aliphatic carbocycles. The summed E-state index contributed by atoms with van der Waals surface area (Å²) in [6, 6.07) is 22.9. The molecule has 39 heavy (non-hydrogen) atoms. The summed E-state index contributed by atoms with van der Waals surface area (Å²) in [6.45, 7) is 5.70. The zero-order valence-corrected chi connectivity index (χ0v) is 21.4. The lowest BCUT2D eigenvalue weighted by Gasteiger charge is -2.07. The second kappa shape index (κ2) is 9.15. The van der Waals surface area contributed by atoms with E-state index in [1.165, 1.54) is 0 Å². The Morgan fingerprint density at radius 2 is 1.49 bits per heavy atom. The maximum atomic E-state index is 4.98. The topological polar surface area (TPSA) is 56.8 Å². The van der Waals surface area contributed by atoms with E-state index in [1.807, 2.05) is 37.4 Å². The molecule has 4 heterocycles. The van der Waals surface area contributed by atoms with Crippen LogP contribution in [-0.4, -0.2) is 34.1 Å². The van der Waals surface area contributed by atoms with Crippen LogP contribution in [0.2, 0.25) is 0 Å². The van der Waals surface area contributed by atoms with Gasteiger partial charge in [-0.05, 0) is 60.5 Å². The van der Waals surface area contributed by atoms with E-state index >= 15 is 0 Å². The molecule has 0 saturated heterocycles. The molecule has 0 spiro atoms. The van der Waals surface area contributed by atoms with Gasteiger partial charge < -0.3 is 0 Å². The Morgan fingerprint density at radius 1 is 0.769 bits per heavy atom. The molecule has 7 aromatic rings. The Bertz CT molecular complexity index is 2110. The van der Waals surface area contributed by atoms with Gasteiger partial charge in [0.25, 0.3) is 0 Å². The predicted octanol–water partition coefficient (Wildman–Crippen LogP) is 7.04. The fourth-order valence-electron chi connectivity index (χ4n) is 5.10. The van der Waals surface area contributed by atoms with Crippen molar-refractivity contribution in [3.8, 4) is 11.4 Å². The molecule has 0 aliphatic rings. The molecule has 0 aliphatic heterocycles. The van der Waals surface area contributed by atoms with E-state index in [1.54, 1.807) is 12.3 Å². The Hall–Kier alpha value is -5.43. The van der Waals surface area contributed by atoms with E-state index in [2.05, 4.69) is 109 Å². The SMILES string of the molecule is C=C\C=N/C=C(\C=C\C)c1cccc(-n2ccn3c4cc(-n5ccn6c7ccccc7nc56)ccc4nc23)c1. The molecule has 0 amide bonds. The summed E-state index contributed by atoms with van der Waals surface area (Å²) in [4.78, 5) is 14.2. The first-order valence-electron chi connectivity index (χ1n) is 12.8. The number of fused-ring (bicyclic) bond motifs is 6. The highest BCUT2D eigenvalue weighted by Crippen LogP contribution is 2.27. The molecule has 0 atom stereocenters. The highest BCUT2D eigenvalue weighted by molar-refractivity contribution is 5.84. The van der Waals surface area contributed by atoms with Gasteiger partial charge in [0.05, 0.1) is 27.8 Å². The Kier molecular flexibility index (Phi) is 5.33. The molecule has 7 nitrogen and oxygen atoms in total. The molecule has 0 saturated carbocycles. The minimum atomic E-state index is 0.852. The van der Waals surface area contributed by atoms with E-state index in [-0.39, 0.29) is 0 Å². The van der Waals surface area contributed by atoms with Crippen LogP contribution in [0.3, 0.4) is 0 Å². The van der Waals surface area contributed by atoms with Gasteiger partial charge in [0.1, 0.15) is 0 Å². The van der Waals surface area contributed by atoms with Gasteiger partial charge in [0.2, 0.25) is 11.6 Å². The second-order valence-corrected chi connectivity index (χ2v) is 9.23. The number of allylic oxidation sites excluding steroid dienone is 4. The van der Waals surface area contributed by atoms with Crippen LogP contribution in [0.1, 0.15) is 12.5 Å². The largest absolute Gasteiger partial charge is 0.286 e. The van der Waals surface area contributed by atoms with Crippen molar-refractivity contribution >= 4 is 45.4 Å². The summed E-state index contributed by atoms with van der Waals surface area (Å²) in [5.74, 6) is 1.73. The number of aliphatic imine (C=N–C) groups is 1. The van der Waals surface area contributed by atoms with E-state index in [0.717, 1.165) is 56.1 Å². The number of aromatic nitrogens is 6. The highest BCUT2D eigenvalue weighted by atomic mass is 15.2.